The van der Waals surface area contributed by atoms with Crippen molar-refractivity contribution in [1.29, 1.82) is 0 Å². The van der Waals surface area contributed by atoms with E-state index in [1.807, 2.05) is 25.1 Å². The van der Waals surface area contributed by atoms with Crippen LogP contribution in [0.15, 0.2) is 53.1 Å². The van der Waals surface area contributed by atoms with Crippen LogP contribution in [-0.2, 0) is 11.3 Å². The molecule has 0 radical (unpaired) electrons. The number of rotatable bonds is 7. The third kappa shape index (κ3) is 5.42. The van der Waals surface area contributed by atoms with Gasteiger partial charge in [-0.3, -0.25) is 4.79 Å². The lowest BCUT2D eigenvalue weighted by Gasteiger charge is -2.29. The molecular weight excluding hydrogens is 421 g/mol. The molecule has 0 unspecified atom stereocenters. The zero-order valence-corrected chi connectivity index (χ0v) is 19.4. The Kier molecular flexibility index (Phi) is 7.08. The van der Waals surface area contributed by atoms with Crippen LogP contribution in [0.25, 0.3) is 11.3 Å². The van der Waals surface area contributed by atoms with Crippen LogP contribution in [-0.4, -0.2) is 48.8 Å². The van der Waals surface area contributed by atoms with Crippen molar-refractivity contribution in [3.63, 3.8) is 0 Å². The Morgan fingerprint density at radius 2 is 1.91 bits per heavy atom. The summed E-state index contributed by atoms with van der Waals surface area (Å²) in [4.78, 5) is 17.3. The normalized spacial score (nSPS) is 14.0. The van der Waals surface area contributed by atoms with E-state index >= 15 is 0 Å². The highest BCUT2D eigenvalue weighted by Gasteiger charge is 2.28. The van der Waals surface area contributed by atoms with Gasteiger partial charge in [-0.2, -0.15) is 0 Å². The Morgan fingerprint density at radius 1 is 1.15 bits per heavy atom. The van der Waals surface area contributed by atoms with Crippen molar-refractivity contribution in [2.45, 2.75) is 27.3 Å². The molecule has 1 amide bonds. The molecule has 6 nitrogen and oxygen atoms in total. The zero-order chi connectivity index (χ0) is 23.4. The van der Waals surface area contributed by atoms with Crippen molar-refractivity contribution in [3.05, 3.63) is 71.0 Å². The van der Waals surface area contributed by atoms with Gasteiger partial charge in [-0.25, -0.2) is 4.39 Å². The second-order valence-electron chi connectivity index (χ2n) is 8.87. The van der Waals surface area contributed by atoms with E-state index in [4.69, 9.17) is 9.26 Å². The molecule has 1 aliphatic rings. The third-order valence-corrected chi connectivity index (χ3v) is 5.65. The van der Waals surface area contributed by atoms with Gasteiger partial charge in [0.1, 0.15) is 11.5 Å². The number of hydrogen-bond donors (Lipinski definition) is 0. The molecule has 1 saturated heterocycles. The summed E-state index contributed by atoms with van der Waals surface area (Å²) in [5, 5.41) is 4.43. The molecule has 1 fully saturated rings. The van der Waals surface area contributed by atoms with E-state index in [1.54, 1.807) is 17.0 Å². The fourth-order valence-electron chi connectivity index (χ4n) is 4.13. The topological polar surface area (TPSA) is 58.8 Å². The summed E-state index contributed by atoms with van der Waals surface area (Å²) in [5.41, 5.74) is 3.96. The van der Waals surface area contributed by atoms with E-state index in [9.17, 15) is 9.18 Å². The van der Waals surface area contributed by atoms with Gasteiger partial charge in [0.2, 0.25) is 5.88 Å². The smallest absolute Gasteiger partial charge is 0.254 e. The van der Waals surface area contributed by atoms with Gasteiger partial charge >= 0.3 is 0 Å². The number of morpholine rings is 1. The van der Waals surface area contributed by atoms with Gasteiger partial charge in [0.15, 0.2) is 0 Å². The maximum Gasteiger partial charge on any atom is 0.254 e. The van der Waals surface area contributed by atoms with Crippen LogP contribution in [0.2, 0.25) is 0 Å². The van der Waals surface area contributed by atoms with Crippen LogP contribution in [0.4, 0.5) is 10.3 Å². The van der Waals surface area contributed by atoms with Gasteiger partial charge in [0.05, 0.1) is 25.3 Å². The SMILES string of the molecule is Cc1cccc(-c2noc(N3CCOCC3)c2CN(CC(C)C)C(=O)c2cccc(F)c2)c1. The van der Waals surface area contributed by atoms with E-state index in [0.717, 1.165) is 22.4 Å². The minimum absolute atomic E-state index is 0.215. The predicted octanol–water partition coefficient (Wildman–Crippen LogP) is 4.92. The molecule has 0 aliphatic carbocycles. The first-order chi connectivity index (χ1) is 15.9. The molecule has 2 aromatic carbocycles. The average Bonchev–Trinajstić information content (AvgIpc) is 3.22. The molecule has 33 heavy (non-hydrogen) atoms. The number of amides is 1. The van der Waals surface area contributed by atoms with Crippen LogP contribution in [0.1, 0.15) is 35.3 Å². The maximum absolute atomic E-state index is 13.8. The average molecular weight is 452 g/mol. The number of benzene rings is 2. The molecule has 0 spiro atoms. The second kappa shape index (κ2) is 10.2. The molecule has 174 valence electrons. The minimum Gasteiger partial charge on any atom is -0.378 e. The Morgan fingerprint density at radius 3 is 2.61 bits per heavy atom. The summed E-state index contributed by atoms with van der Waals surface area (Å²) in [6.45, 7) is 9.59. The van der Waals surface area contributed by atoms with Crippen molar-refractivity contribution in [2.75, 3.05) is 37.7 Å². The molecular formula is C26H30FN3O3. The summed E-state index contributed by atoms with van der Waals surface area (Å²) in [6.07, 6.45) is 0. The van der Waals surface area contributed by atoms with Crippen LogP contribution < -0.4 is 4.90 Å². The first-order valence-electron chi connectivity index (χ1n) is 11.4. The number of aromatic nitrogens is 1. The second-order valence-corrected chi connectivity index (χ2v) is 8.87. The fourth-order valence-corrected chi connectivity index (χ4v) is 4.13. The van der Waals surface area contributed by atoms with E-state index in [1.165, 1.54) is 12.1 Å². The lowest BCUT2D eigenvalue weighted by Crippen LogP contribution is -2.38. The highest BCUT2D eigenvalue weighted by atomic mass is 19.1. The first-order valence-corrected chi connectivity index (χ1v) is 11.4. The summed E-state index contributed by atoms with van der Waals surface area (Å²) >= 11 is 0. The molecule has 3 aromatic rings. The van der Waals surface area contributed by atoms with Gasteiger partial charge in [-0.15, -0.1) is 0 Å². The maximum atomic E-state index is 13.8. The van der Waals surface area contributed by atoms with E-state index < -0.39 is 5.82 Å². The molecule has 0 N–H and O–H groups in total. The summed E-state index contributed by atoms with van der Waals surface area (Å²) < 4.78 is 25.2. The summed E-state index contributed by atoms with van der Waals surface area (Å²) in [7, 11) is 0. The van der Waals surface area contributed by atoms with Crippen LogP contribution in [0, 0.1) is 18.7 Å². The molecule has 0 bridgehead atoms. The monoisotopic (exact) mass is 451 g/mol. The van der Waals surface area contributed by atoms with Crippen molar-refractivity contribution >= 4 is 11.8 Å². The number of carbonyl (C=O) groups is 1. The van der Waals surface area contributed by atoms with E-state index in [-0.39, 0.29) is 11.8 Å². The van der Waals surface area contributed by atoms with Gasteiger partial charge in [-0.1, -0.05) is 48.8 Å². The van der Waals surface area contributed by atoms with Gasteiger partial charge < -0.3 is 19.1 Å². The molecule has 4 rings (SSSR count). The molecule has 0 saturated carbocycles. The highest BCUT2D eigenvalue weighted by molar-refractivity contribution is 5.94. The first kappa shape index (κ1) is 23.0. The van der Waals surface area contributed by atoms with E-state index in [0.29, 0.717) is 50.8 Å². The molecule has 7 heteroatoms. The molecule has 0 atom stereocenters. The number of ether oxygens (including phenoxy) is 1. The van der Waals surface area contributed by atoms with E-state index in [2.05, 4.69) is 30.0 Å². The minimum atomic E-state index is -0.426. The van der Waals surface area contributed by atoms with Crippen molar-refractivity contribution in [1.82, 2.24) is 10.1 Å². The van der Waals surface area contributed by atoms with Crippen molar-refractivity contribution in [2.24, 2.45) is 5.92 Å². The van der Waals surface area contributed by atoms with Crippen molar-refractivity contribution < 1.29 is 18.4 Å². The zero-order valence-electron chi connectivity index (χ0n) is 19.4. The quantitative estimate of drug-likeness (QED) is 0.510. The number of aryl methyl sites for hydroxylation is 1. The number of nitrogens with zero attached hydrogens (tertiary/aromatic N) is 3. The summed E-state index contributed by atoms with van der Waals surface area (Å²) in [6, 6.07) is 13.9. The number of halogens is 1. The Balaban J connectivity index is 1.75. The molecule has 2 heterocycles. The number of hydrogen-bond acceptors (Lipinski definition) is 5. The summed E-state index contributed by atoms with van der Waals surface area (Å²) in [5.74, 6) is 0.254. The highest BCUT2D eigenvalue weighted by Crippen LogP contribution is 2.34. The Labute approximate surface area is 193 Å². The van der Waals surface area contributed by atoms with Gasteiger partial charge in [-0.05, 0) is 37.1 Å². The predicted molar refractivity (Wildman–Crippen MR) is 126 cm³/mol. The number of carbonyl (C=O) groups excluding carboxylic acids is 1. The third-order valence-electron chi connectivity index (χ3n) is 5.65. The van der Waals surface area contributed by atoms with Crippen LogP contribution >= 0.6 is 0 Å². The number of anilines is 1. The standard InChI is InChI=1S/C26H30FN3O3/c1-18(2)16-30(25(31)21-8-5-9-22(27)15-21)17-23-24(20-7-4-6-19(3)14-20)28-33-26(23)29-10-12-32-13-11-29/h4-9,14-15,18H,10-13,16-17H2,1-3H3. The van der Waals surface area contributed by atoms with Crippen molar-refractivity contribution in [3.8, 4) is 11.3 Å². The van der Waals surface area contributed by atoms with Gasteiger partial charge in [0.25, 0.3) is 5.91 Å². The lowest BCUT2D eigenvalue weighted by molar-refractivity contribution is 0.0722. The molecule has 1 aliphatic heterocycles. The molecule has 1 aromatic heterocycles. The Hall–Kier alpha value is -3.19. The largest absolute Gasteiger partial charge is 0.378 e. The van der Waals surface area contributed by atoms with Crippen LogP contribution in [0.3, 0.4) is 0 Å². The fraction of sp³-hybridized carbons (Fsp3) is 0.385. The van der Waals surface area contributed by atoms with Gasteiger partial charge in [0, 0.05) is 30.8 Å². The lowest BCUT2D eigenvalue weighted by atomic mass is 10.0. The Bertz CT molecular complexity index is 1110. The van der Waals surface area contributed by atoms with Crippen LogP contribution in [0.5, 0.6) is 0 Å².